The summed E-state index contributed by atoms with van der Waals surface area (Å²) in [4.78, 5) is 8.72. The summed E-state index contributed by atoms with van der Waals surface area (Å²) in [5, 5.41) is 7.98. The molecule has 0 aliphatic carbocycles. The molecule has 0 unspecified atom stereocenters. The van der Waals surface area contributed by atoms with Crippen molar-refractivity contribution in [3.8, 4) is 5.95 Å². The molecule has 2 aromatic rings. The van der Waals surface area contributed by atoms with Crippen molar-refractivity contribution in [3.05, 3.63) is 34.9 Å². The van der Waals surface area contributed by atoms with E-state index in [9.17, 15) is 0 Å². The number of nitrogens with zero attached hydrogens (tertiary/aromatic N) is 4. The molecular formula is C12H16ClN5. The molecule has 2 aromatic heterocycles. The third-order valence-corrected chi connectivity index (χ3v) is 2.76. The molecule has 0 amide bonds. The first-order chi connectivity index (χ1) is 8.70. The van der Waals surface area contributed by atoms with E-state index >= 15 is 0 Å². The van der Waals surface area contributed by atoms with E-state index in [1.807, 2.05) is 13.1 Å². The van der Waals surface area contributed by atoms with E-state index in [0.717, 1.165) is 30.8 Å². The van der Waals surface area contributed by atoms with Crippen molar-refractivity contribution in [3.63, 3.8) is 0 Å². The van der Waals surface area contributed by atoms with Crippen molar-refractivity contribution < 1.29 is 0 Å². The van der Waals surface area contributed by atoms with Crippen LogP contribution in [0, 0.1) is 6.92 Å². The van der Waals surface area contributed by atoms with Gasteiger partial charge in [0.15, 0.2) is 0 Å². The Hall–Kier alpha value is -1.46. The lowest BCUT2D eigenvalue weighted by atomic mass is 10.2. The van der Waals surface area contributed by atoms with Crippen LogP contribution in [0.15, 0.2) is 18.6 Å². The van der Waals surface area contributed by atoms with E-state index in [4.69, 9.17) is 11.6 Å². The van der Waals surface area contributed by atoms with Crippen LogP contribution in [0.2, 0.25) is 5.02 Å². The van der Waals surface area contributed by atoms with Crippen molar-refractivity contribution >= 4 is 11.6 Å². The highest BCUT2D eigenvalue weighted by atomic mass is 35.5. The van der Waals surface area contributed by atoms with Gasteiger partial charge in [0, 0.05) is 24.0 Å². The van der Waals surface area contributed by atoms with Crippen LogP contribution >= 0.6 is 11.6 Å². The zero-order valence-electron chi connectivity index (χ0n) is 10.5. The van der Waals surface area contributed by atoms with Gasteiger partial charge in [-0.25, -0.2) is 14.6 Å². The fourth-order valence-electron chi connectivity index (χ4n) is 1.57. The molecule has 0 radical (unpaired) electrons. The molecule has 0 bridgehead atoms. The second kappa shape index (κ2) is 5.93. The van der Waals surface area contributed by atoms with Crippen molar-refractivity contribution in [2.45, 2.75) is 26.8 Å². The topological polar surface area (TPSA) is 55.6 Å². The van der Waals surface area contributed by atoms with Crippen molar-refractivity contribution in [2.24, 2.45) is 0 Å². The van der Waals surface area contributed by atoms with E-state index in [2.05, 4.69) is 27.3 Å². The molecule has 0 saturated carbocycles. The van der Waals surface area contributed by atoms with Gasteiger partial charge in [-0.3, -0.25) is 0 Å². The number of hydrogen-bond acceptors (Lipinski definition) is 4. The Kier molecular flexibility index (Phi) is 4.28. The summed E-state index contributed by atoms with van der Waals surface area (Å²) in [6.45, 7) is 5.90. The molecule has 0 aromatic carbocycles. The summed E-state index contributed by atoms with van der Waals surface area (Å²) < 4.78 is 1.57. The van der Waals surface area contributed by atoms with E-state index in [1.54, 1.807) is 17.1 Å². The molecular weight excluding hydrogens is 250 g/mol. The molecule has 1 N–H and O–H groups in total. The van der Waals surface area contributed by atoms with Crippen LogP contribution < -0.4 is 5.32 Å². The molecule has 18 heavy (non-hydrogen) atoms. The Morgan fingerprint density at radius 3 is 2.83 bits per heavy atom. The molecule has 0 aliphatic heterocycles. The number of halogens is 1. The van der Waals surface area contributed by atoms with Crippen LogP contribution in [0.5, 0.6) is 0 Å². The normalized spacial score (nSPS) is 10.8. The van der Waals surface area contributed by atoms with Crippen molar-refractivity contribution in [1.82, 2.24) is 25.1 Å². The Balaban J connectivity index is 2.14. The van der Waals surface area contributed by atoms with Gasteiger partial charge in [0.2, 0.25) is 0 Å². The first-order valence-electron chi connectivity index (χ1n) is 5.94. The largest absolute Gasteiger partial charge is 0.313 e. The number of aryl methyl sites for hydroxylation is 1. The van der Waals surface area contributed by atoms with Gasteiger partial charge < -0.3 is 5.32 Å². The second-order valence-electron chi connectivity index (χ2n) is 4.06. The fraction of sp³-hybridized carbons (Fsp3) is 0.417. The Morgan fingerprint density at radius 2 is 2.22 bits per heavy atom. The van der Waals surface area contributed by atoms with E-state index < -0.39 is 0 Å². The summed E-state index contributed by atoms with van der Waals surface area (Å²) in [7, 11) is 0. The minimum atomic E-state index is 0.540. The maximum Gasteiger partial charge on any atom is 0.250 e. The van der Waals surface area contributed by atoms with Gasteiger partial charge in [-0.05, 0) is 19.9 Å². The number of hydrogen-bond donors (Lipinski definition) is 1. The second-order valence-corrected chi connectivity index (χ2v) is 4.50. The average molecular weight is 266 g/mol. The highest BCUT2D eigenvalue weighted by molar-refractivity contribution is 6.30. The molecule has 96 valence electrons. The predicted molar refractivity (Wildman–Crippen MR) is 70.9 cm³/mol. The summed E-state index contributed by atoms with van der Waals surface area (Å²) in [5.74, 6) is 0.540. The maximum absolute atomic E-state index is 5.82. The minimum Gasteiger partial charge on any atom is -0.313 e. The van der Waals surface area contributed by atoms with Crippen molar-refractivity contribution in [2.75, 3.05) is 6.54 Å². The molecule has 2 heterocycles. The summed E-state index contributed by atoms with van der Waals surface area (Å²) in [6.07, 6.45) is 6.20. The zero-order valence-corrected chi connectivity index (χ0v) is 11.3. The monoisotopic (exact) mass is 265 g/mol. The van der Waals surface area contributed by atoms with E-state index in [1.165, 1.54) is 0 Å². The summed E-state index contributed by atoms with van der Waals surface area (Å²) >= 11 is 5.82. The summed E-state index contributed by atoms with van der Waals surface area (Å²) in [6, 6.07) is 0. The van der Waals surface area contributed by atoms with Crippen LogP contribution in [-0.2, 0) is 6.54 Å². The highest BCUT2D eigenvalue weighted by Crippen LogP contribution is 2.10. The van der Waals surface area contributed by atoms with Gasteiger partial charge in [0.25, 0.3) is 5.95 Å². The minimum absolute atomic E-state index is 0.540. The van der Waals surface area contributed by atoms with Gasteiger partial charge in [0.05, 0.1) is 17.4 Å². The third-order valence-electron chi connectivity index (χ3n) is 2.57. The predicted octanol–water partition coefficient (Wildman–Crippen LogP) is 2.12. The van der Waals surface area contributed by atoms with E-state index in [-0.39, 0.29) is 0 Å². The Bertz CT molecular complexity index is 523. The Labute approximate surface area is 111 Å². The first-order valence-corrected chi connectivity index (χ1v) is 6.32. The molecule has 5 nitrogen and oxygen atoms in total. The molecule has 0 spiro atoms. The lowest BCUT2D eigenvalue weighted by Gasteiger charge is -2.07. The van der Waals surface area contributed by atoms with Gasteiger partial charge in [-0.1, -0.05) is 18.5 Å². The quantitative estimate of drug-likeness (QED) is 0.842. The standard InChI is InChI=1S/C12H16ClN5/c1-3-4-14-5-10-6-15-12(17-9(10)2)18-8-11(13)7-16-18/h6-8,14H,3-5H2,1-2H3. The van der Waals surface area contributed by atoms with E-state index in [0.29, 0.717) is 11.0 Å². The van der Waals surface area contributed by atoms with Crippen LogP contribution in [-0.4, -0.2) is 26.3 Å². The molecule has 0 saturated heterocycles. The lowest BCUT2D eigenvalue weighted by molar-refractivity contribution is 0.665. The molecule has 0 atom stereocenters. The zero-order chi connectivity index (χ0) is 13.0. The number of aromatic nitrogens is 4. The van der Waals surface area contributed by atoms with Gasteiger partial charge in [-0.15, -0.1) is 0 Å². The lowest BCUT2D eigenvalue weighted by Crippen LogP contribution is -2.16. The van der Waals surface area contributed by atoms with Gasteiger partial charge in [0.1, 0.15) is 0 Å². The van der Waals surface area contributed by atoms with Crippen LogP contribution in [0.4, 0.5) is 0 Å². The maximum atomic E-state index is 5.82. The number of rotatable bonds is 5. The molecule has 2 rings (SSSR count). The first kappa shape index (κ1) is 13.0. The summed E-state index contributed by atoms with van der Waals surface area (Å²) in [5.41, 5.74) is 2.06. The molecule has 0 fully saturated rings. The average Bonchev–Trinajstić information content (AvgIpc) is 2.78. The molecule has 6 heteroatoms. The Morgan fingerprint density at radius 1 is 1.39 bits per heavy atom. The smallest absolute Gasteiger partial charge is 0.250 e. The highest BCUT2D eigenvalue weighted by Gasteiger charge is 2.06. The van der Waals surface area contributed by atoms with Crippen LogP contribution in [0.25, 0.3) is 5.95 Å². The number of nitrogens with one attached hydrogen (secondary N) is 1. The SMILES string of the molecule is CCCNCc1cnc(-n2cc(Cl)cn2)nc1C. The van der Waals surface area contributed by atoms with Crippen molar-refractivity contribution in [1.29, 1.82) is 0 Å². The fourth-order valence-corrected chi connectivity index (χ4v) is 1.71. The third kappa shape index (κ3) is 3.05. The van der Waals surface area contributed by atoms with Crippen LogP contribution in [0.1, 0.15) is 24.6 Å². The van der Waals surface area contributed by atoms with Crippen LogP contribution in [0.3, 0.4) is 0 Å². The van der Waals surface area contributed by atoms with Gasteiger partial charge >= 0.3 is 0 Å². The van der Waals surface area contributed by atoms with Gasteiger partial charge in [-0.2, -0.15) is 5.10 Å². The molecule has 0 aliphatic rings.